The molecule has 0 saturated heterocycles. The first-order chi connectivity index (χ1) is 9.13. The summed E-state index contributed by atoms with van der Waals surface area (Å²) < 4.78 is 5.22. The number of hydrogen-bond acceptors (Lipinski definition) is 3. The van der Waals surface area contributed by atoms with Gasteiger partial charge in [0.25, 0.3) is 0 Å². The molecule has 1 rings (SSSR count). The molecule has 1 aromatic carbocycles. The van der Waals surface area contributed by atoms with Crippen LogP contribution in [0.25, 0.3) is 0 Å². The van der Waals surface area contributed by atoms with Gasteiger partial charge >= 0.3 is 0 Å². The van der Waals surface area contributed by atoms with Crippen LogP contribution >= 0.6 is 0 Å². The molecule has 108 valence electrons. The molecule has 0 fully saturated rings. The van der Waals surface area contributed by atoms with Crippen LogP contribution in [0.2, 0.25) is 0 Å². The Hall–Kier alpha value is -1.06. The molecule has 2 atom stereocenters. The Bertz CT molecular complexity index is 350. The molecule has 2 unspecified atom stereocenters. The van der Waals surface area contributed by atoms with E-state index in [9.17, 15) is 0 Å². The summed E-state index contributed by atoms with van der Waals surface area (Å²) in [6.45, 7) is 8.36. The maximum atomic E-state index is 5.22. The summed E-state index contributed by atoms with van der Waals surface area (Å²) in [5, 5.41) is 3.26. The van der Waals surface area contributed by atoms with Crippen molar-refractivity contribution in [3.05, 3.63) is 29.8 Å². The van der Waals surface area contributed by atoms with Gasteiger partial charge in [-0.3, -0.25) is 0 Å². The fourth-order valence-corrected chi connectivity index (χ4v) is 2.14. The van der Waals surface area contributed by atoms with Crippen LogP contribution in [0.5, 0.6) is 0 Å². The lowest BCUT2D eigenvalue weighted by atomic mass is 10.1. The van der Waals surface area contributed by atoms with E-state index in [1.165, 1.54) is 11.3 Å². The molecular weight excluding hydrogens is 236 g/mol. The van der Waals surface area contributed by atoms with Gasteiger partial charge in [-0.2, -0.15) is 0 Å². The SMILES string of the molecule is CCC(C)N(CCOC)c1ccc(C(C)NC)cc1. The van der Waals surface area contributed by atoms with Gasteiger partial charge < -0.3 is 15.0 Å². The first-order valence-electron chi connectivity index (χ1n) is 7.16. The molecule has 3 nitrogen and oxygen atoms in total. The van der Waals surface area contributed by atoms with E-state index in [-0.39, 0.29) is 0 Å². The summed E-state index contributed by atoms with van der Waals surface area (Å²) in [7, 11) is 3.75. The number of ether oxygens (including phenoxy) is 1. The monoisotopic (exact) mass is 264 g/mol. The third kappa shape index (κ3) is 4.51. The molecule has 0 saturated carbocycles. The molecule has 1 aromatic rings. The van der Waals surface area contributed by atoms with Crippen molar-refractivity contribution in [2.24, 2.45) is 0 Å². The van der Waals surface area contributed by atoms with Gasteiger partial charge in [-0.25, -0.2) is 0 Å². The lowest BCUT2D eigenvalue weighted by Gasteiger charge is -2.31. The zero-order chi connectivity index (χ0) is 14.3. The summed E-state index contributed by atoms with van der Waals surface area (Å²) >= 11 is 0. The molecule has 0 heterocycles. The maximum Gasteiger partial charge on any atom is 0.0637 e. The minimum atomic E-state index is 0.394. The van der Waals surface area contributed by atoms with Crippen molar-refractivity contribution in [3.8, 4) is 0 Å². The van der Waals surface area contributed by atoms with Crippen molar-refractivity contribution >= 4 is 5.69 Å². The largest absolute Gasteiger partial charge is 0.383 e. The quantitative estimate of drug-likeness (QED) is 0.780. The van der Waals surface area contributed by atoms with Crippen molar-refractivity contribution in [3.63, 3.8) is 0 Å². The van der Waals surface area contributed by atoms with Gasteiger partial charge in [0.15, 0.2) is 0 Å². The average molecular weight is 264 g/mol. The third-order valence-corrected chi connectivity index (χ3v) is 3.82. The van der Waals surface area contributed by atoms with Crippen LogP contribution in [0, 0.1) is 0 Å². The molecule has 0 spiro atoms. The predicted octanol–water partition coefficient (Wildman–Crippen LogP) is 3.22. The van der Waals surface area contributed by atoms with Crippen molar-refractivity contribution in [2.75, 3.05) is 32.2 Å². The normalized spacial score (nSPS) is 14.2. The van der Waals surface area contributed by atoms with Crippen LogP contribution in [0.1, 0.15) is 38.8 Å². The van der Waals surface area contributed by atoms with Crippen molar-refractivity contribution in [2.45, 2.75) is 39.3 Å². The van der Waals surface area contributed by atoms with Crippen LogP contribution in [0.4, 0.5) is 5.69 Å². The van der Waals surface area contributed by atoms with Crippen molar-refractivity contribution < 1.29 is 4.74 Å². The minimum Gasteiger partial charge on any atom is -0.383 e. The zero-order valence-electron chi connectivity index (χ0n) is 12.9. The highest BCUT2D eigenvalue weighted by Gasteiger charge is 2.13. The van der Waals surface area contributed by atoms with E-state index >= 15 is 0 Å². The number of benzene rings is 1. The second-order valence-corrected chi connectivity index (χ2v) is 5.05. The topological polar surface area (TPSA) is 24.5 Å². The molecule has 1 N–H and O–H groups in total. The van der Waals surface area contributed by atoms with Crippen LogP contribution in [-0.4, -0.2) is 33.4 Å². The summed E-state index contributed by atoms with van der Waals surface area (Å²) in [4.78, 5) is 2.41. The lowest BCUT2D eigenvalue weighted by Crippen LogP contribution is -2.35. The fourth-order valence-electron chi connectivity index (χ4n) is 2.14. The van der Waals surface area contributed by atoms with E-state index in [4.69, 9.17) is 4.74 Å². The summed E-state index contributed by atoms with van der Waals surface area (Å²) in [6, 6.07) is 9.76. The smallest absolute Gasteiger partial charge is 0.0637 e. The lowest BCUT2D eigenvalue weighted by molar-refractivity contribution is 0.203. The minimum absolute atomic E-state index is 0.394. The van der Waals surface area contributed by atoms with Crippen molar-refractivity contribution in [1.82, 2.24) is 5.32 Å². The molecule has 0 aliphatic rings. The molecule has 19 heavy (non-hydrogen) atoms. The Labute approximate surface area is 118 Å². The standard InChI is InChI=1S/C16H28N2O/c1-6-13(2)18(11-12-19-5)16-9-7-15(8-10-16)14(3)17-4/h7-10,13-14,17H,6,11-12H2,1-5H3. The summed E-state index contributed by atoms with van der Waals surface area (Å²) in [5.41, 5.74) is 2.60. The molecule has 0 radical (unpaired) electrons. The highest BCUT2D eigenvalue weighted by molar-refractivity contribution is 5.48. The van der Waals surface area contributed by atoms with Crippen LogP contribution in [-0.2, 0) is 4.74 Å². The average Bonchev–Trinajstić information content (AvgIpc) is 2.47. The Kier molecular flexibility index (Phi) is 6.89. The van der Waals surface area contributed by atoms with Gasteiger partial charge in [-0.15, -0.1) is 0 Å². The van der Waals surface area contributed by atoms with Gasteiger partial charge in [0.1, 0.15) is 0 Å². The Morgan fingerprint density at radius 3 is 2.32 bits per heavy atom. The molecule has 0 aliphatic heterocycles. The molecular formula is C16H28N2O. The number of nitrogens with one attached hydrogen (secondary N) is 1. The first-order valence-corrected chi connectivity index (χ1v) is 7.16. The molecule has 0 aliphatic carbocycles. The van der Waals surface area contributed by atoms with E-state index in [2.05, 4.69) is 55.3 Å². The zero-order valence-corrected chi connectivity index (χ0v) is 12.9. The third-order valence-electron chi connectivity index (χ3n) is 3.82. The van der Waals surface area contributed by atoms with Crippen molar-refractivity contribution in [1.29, 1.82) is 0 Å². The van der Waals surface area contributed by atoms with E-state index < -0.39 is 0 Å². The Morgan fingerprint density at radius 2 is 1.84 bits per heavy atom. The van der Waals surface area contributed by atoms with Crippen LogP contribution in [0.15, 0.2) is 24.3 Å². The van der Waals surface area contributed by atoms with Crippen LogP contribution < -0.4 is 10.2 Å². The number of methoxy groups -OCH3 is 1. The number of anilines is 1. The second-order valence-electron chi connectivity index (χ2n) is 5.05. The Balaban J connectivity index is 2.84. The van der Waals surface area contributed by atoms with Gasteiger partial charge in [0.05, 0.1) is 6.61 Å². The predicted molar refractivity (Wildman–Crippen MR) is 82.9 cm³/mol. The van der Waals surface area contributed by atoms with E-state index in [1.54, 1.807) is 7.11 Å². The Morgan fingerprint density at radius 1 is 1.21 bits per heavy atom. The van der Waals surface area contributed by atoms with Gasteiger partial charge in [0.2, 0.25) is 0 Å². The number of hydrogen-bond donors (Lipinski definition) is 1. The molecule has 0 amide bonds. The number of rotatable bonds is 8. The highest BCUT2D eigenvalue weighted by Crippen LogP contribution is 2.21. The second kappa shape index (κ2) is 8.18. The molecule has 0 bridgehead atoms. The first kappa shape index (κ1) is 16.0. The van der Waals surface area contributed by atoms with Gasteiger partial charge in [0, 0.05) is 31.4 Å². The maximum absolute atomic E-state index is 5.22. The van der Waals surface area contributed by atoms with Gasteiger partial charge in [-0.05, 0) is 45.0 Å². The van der Waals surface area contributed by atoms with E-state index in [1.807, 2.05) is 7.05 Å². The molecule has 0 aromatic heterocycles. The fraction of sp³-hybridized carbons (Fsp3) is 0.625. The number of nitrogens with zero attached hydrogens (tertiary/aromatic N) is 1. The van der Waals surface area contributed by atoms with Gasteiger partial charge in [-0.1, -0.05) is 19.1 Å². The van der Waals surface area contributed by atoms with E-state index in [0.29, 0.717) is 12.1 Å². The summed E-state index contributed by atoms with van der Waals surface area (Å²) in [5.74, 6) is 0. The van der Waals surface area contributed by atoms with E-state index in [0.717, 1.165) is 19.6 Å². The summed E-state index contributed by atoms with van der Waals surface area (Å²) in [6.07, 6.45) is 1.14. The molecule has 3 heteroatoms. The highest BCUT2D eigenvalue weighted by atomic mass is 16.5. The van der Waals surface area contributed by atoms with Crippen LogP contribution in [0.3, 0.4) is 0 Å².